The first-order chi connectivity index (χ1) is 8.56. The third-order valence-corrected chi connectivity index (χ3v) is 3.35. The van der Waals surface area contributed by atoms with Gasteiger partial charge in [-0.1, -0.05) is 19.1 Å². The van der Waals surface area contributed by atoms with Crippen LogP contribution in [0.5, 0.6) is 0 Å². The minimum Gasteiger partial charge on any atom is -0.396 e. The standard InChI is InChI=1S/C14H19FN2O/c1-3-14(2,7-8-18)17-10-12-6-4-5-11(9-16)13(12)15/h4-6,17-18H,3,7-8,10H2,1-2H3. The van der Waals surface area contributed by atoms with Crippen molar-refractivity contribution in [3.8, 4) is 6.07 Å². The lowest BCUT2D eigenvalue weighted by atomic mass is 9.94. The van der Waals surface area contributed by atoms with E-state index < -0.39 is 5.82 Å². The summed E-state index contributed by atoms with van der Waals surface area (Å²) in [4.78, 5) is 0. The number of hydrogen-bond donors (Lipinski definition) is 2. The Labute approximate surface area is 107 Å². The van der Waals surface area contributed by atoms with Crippen LogP contribution in [0.4, 0.5) is 4.39 Å². The van der Waals surface area contributed by atoms with Gasteiger partial charge in [0.25, 0.3) is 0 Å². The van der Waals surface area contributed by atoms with Crippen LogP contribution in [-0.4, -0.2) is 17.3 Å². The van der Waals surface area contributed by atoms with Crippen LogP contribution in [-0.2, 0) is 6.54 Å². The topological polar surface area (TPSA) is 56.0 Å². The van der Waals surface area contributed by atoms with E-state index in [-0.39, 0.29) is 17.7 Å². The van der Waals surface area contributed by atoms with Crippen LogP contribution in [0.2, 0.25) is 0 Å². The number of aliphatic hydroxyl groups excluding tert-OH is 1. The van der Waals surface area contributed by atoms with Gasteiger partial charge in [0, 0.05) is 24.3 Å². The lowest BCUT2D eigenvalue weighted by Gasteiger charge is -2.29. The Bertz CT molecular complexity index is 442. The van der Waals surface area contributed by atoms with E-state index in [2.05, 4.69) is 5.32 Å². The Hall–Kier alpha value is -1.44. The molecule has 98 valence electrons. The van der Waals surface area contributed by atoms with Crippen LogP contribution in [0.15, 0.2) is 18.2 Å². The predicted molar refractivity (Wildman–Crippen MR) is 68.4 cm³/mol. The van der Waals surface area contributed by atoms with Gasteiger partial charge in [-0.3, -0.25) is 0 Å². The van der Waals surface area contributed by atoms with Gasteiger partial charge >= 0.3 is 0 Å². The van der Waals surface area contributed by atoms with E-state index in [1.807, 2.05) is 19.9 Å². The summed E-state index contributed by atoms with van der Waals surface area (Å²) in [7, 11) is 0. The van der Waals surface area contributed by atoms with E-state index in [1.54, 1.807) is 12.1 Å². The van der Waals surface area contributed by atoms with Gasteiger partial charge in [-0.15, -0.1) is 0 Å². The molecule has 0 saturated heterocycles. The molecule has 2 N–H and O–H groups in total. The summed E-state index contributed by atoms with van der Waals surface area (Å²) >= 11 is 0. The number of nitrogens with one attached hydrogen (secondary N) is 1. The van der Waals surface area contributed by atoms with Crippen molar-refractivity contribution in [2.24, 2.45) is 0 Å². The third kappa shape index (κ3) is 3.52. The van der Waals surface area contributed by atoms with Gasteiger partial charge in [0.15, 0.2) is 0 Å². The Morgan fingerprint density at radius 1 is 1.50 bits per heavy atom. The normalized spacial score (nSPS) is 13.9. The van der Waals surface area contributed by atoms with Gasteiger partial charge < -0.3 is 10.4 Å². The summed E-state index contributed by atoms with van der Waals surface area (Å²) in [6.45, 7) is 4.46. The smallest absolute Gasteiger partial charge is 0.145 e. The molecule has 0 aliphatic heterocycles. The summed E-state index contributed by atoms with van der Waals surface area (Å²) < 4.78 is 13.8. The van der Waals surface area contributed by atoms with Gasteiger partial charge in [-0.2, -0.15) is 5.26 Å². The molecular weight excluding hydrogens is 231 g/mol. The molecule has 1 atom stereocenters. The fourth-order valence-electron chi connectivity index (χ4n) is 1.75. The Morgan fingerprint density at radius 3 is 2.78 bits per heavy atom. The summed E-state index contributed by atoms with van der Waals surface area (Å²) in [5, 5.41) is 21.0. The largest absolute Gasteiger partial charge is 0.396 e. The van der Waals surface area contributed by atoms with Gasteiger partial charge in [-0.05, 0) is 25.8 Å². The highest BCUT2D eigenvalue weighted by atomic mass is 19.1. The van der Waals surface area contributed by atoms with Crippen molar-refractivity contribution in [3.63, 3.8) is 0 Å². The van der Waals surface area contributed by atoms with Crippen LogP contribution < -0.4 is 5.32 Å². The zero-order valence-electron chi connectivity index (χ0n) is 10.8. The third-order valence-electron chi connectivity index (χ3n) is 3.35. The van der Waals surface area contributed by atoms with Crippen LogP contribution in [0.1, 0.15) is 37.8 Å². The Balaban J connectivity index is 2.77. The molecule has 0 radical (unpaired) electrons. The fourth-order valence-corrected chi connectivity index (χ4v) is 1.75. The summed E-state index contributed by atoms with van der Waals surface area (Å²) in [6.07, 6.45) is 1.45. The molecule has 0 heterocycles. The first kappa shape index (κ1) is 14.6. The van der Waals surface area contributed by atoms with Gasteiger partial charge in [-0.25, -0.2) is 4.39 Å². The highest BCUT2D eigenvalue weighted by Crippen LogP contribution is 2.17. The van der Waals surface area contributed by atoms with E-state index in [1.165, 1.54) is 6.07 Å². The van der Waals surface area contributed by atoms with Crippen molar-refractivity contribution in [3.05, 3.63) is 35.1 Å². The number of aliphatic hydroxyl groups is 1. The second-order valence-electron chi connectivity index (χ2n) is 4.63. The van der Waals surface area contributed by atoms with Gasteiger partial charge in [0.2, 0.25) is 0 Å². The molecule has 3 nitrogen and oxygen atoms in total. The molecule has 1 unspecified atom stereocenters. The van der Waals surface area contributed by atoms with Gasteiger partial charge in [0.1, 0.15) is 11.9 Å². The molecule has 0 fully saturated rings. The predicted octanol–water partition coefficient (Wildman–Crippen LogP) is 2.34. The zero-order chi connectivity index (χ0) is 13.6. The van der Waals surface area contributed by atoms with Crippen molar-refractivity contribution in [2.75, 3.05) is 6.61 Å². The molecule has 18 heavy (non-hydrogen) atoms. The number of benzene rings is 1. The summed E-state index contributed by atoms with van der Waals surface area (Å²) in [6, 6.07) is 6.63. The lowest BCUT2D eigenvalue weighted by Crippen LogP contribution is -2.42. The summed E-state index contributed by atoms with van der Waals surface area (Å²) in [5.41, 5.74) is 0.324. The van der Waals surface area contributed by atoms with Crippen molar-refractivity contribution in [1.82, 2.24) is 5.32 Å². The monoisotopic (exact) mass is 250 g/mol. The number of nitrogens with zero attached hydrogens (tertiary/aromatic N) is 1. The Morgan fingerprint density at radius 2 is 2.22 bits per heavy atom. The van der Waals surface area contributed by atoms with Crippen LogP contribution >= 0.6 is 0 Å². The minimum atomic E-state index is -0.463. The molecule has 0 saturated carbocycles. The van der Waals surface area contributed by atoms with Crippen molar-refractivity contribution in [2.45, 2.75) is 38.8 Å². The number of halogens is 1. The molecule has 0 spiro atoms. The Kier molecular flexibility index (Phi) is 5.26. The quantitative estimate of drug-likeness (QED) is 0.814. The number of rotatable bonds is 6. The number of hydrogen-bond acceptors (Lipinski definition) is 3. The summed E-state index contributed by atoms with van der Waals surface area (Å²) in [5.74, 6) is -0.463. The minimum absolute atomic E-state index is 0.0645. The van der Waals surface area contributed by atoms with E-state index in [0.717, 1.165) is 6.42 Å². The highest BCUT2D eigenvalue weighted by Gasteiger charge is 2.21. The number of nitriles is 1. The molecule has 1 aromatic carbocycles. The molecule has 0 aliphatic rings. The fraction of sp³-hybridized carbons (Fsp3) is 0.500. The second-order valence-corrected chi connectivity index (χ2v) is 4.63. The molecule has 0 bridgehead atoms. The van der Waals surface area contributed by atoms with Crippen molar-refractivity contribution >= 4 is 0 Å². The van der Waals surface area contributed by atoms with Crippen molar-refractivity contribution < 1.29 is 9.50 Å². The molecule has 1 aromatic rings. The first-order valence-electron chi connectivity index (χ1n) is 6.09. The zero-order valence-corrected chi connectivity index (χ0v) is 10.8. The lowest BCUT2D eigenvalue weighted by molar-refractivity contribution is 0.214. The van der Waals surface area contributed by atoms with E-state index in [4.69, 9.17) is 10.4 Å². The second kappa shape index (κ2) is 6.48. The van der Waals surface area contributed by atoms with E-state index in [0.29, 0.717) is 18.5 Å². The molecule has 0 aliphatic carbocycles. The van der Waals surface area contributed by atoms with E-state index >= 15 is 0 Å². The molecule has 0 aromatic heterocycles. The van der Waals surface area contributed by atoms with E-state index in [9.17, 15) is 4.39 Å². The maximum Gasteiger partial charge on any atom is 0.145 e. The highest BCUT2D eigenvalue weighted by molar-refractivity contribution is 5.34. The van der Waals surface area contributed by atoms with Crippen LogP contribution in [0.3, 0.4) is 0 Å². The van der Waals surface area contributed by atoms with Gasteiger partial charge in [0.05, 0.1) is 5.56 Å². The molecule has 1 rings (SSSR count). The maximum atomic E-state index is 13.8. The molecule has 4 heteroatoms. The van der Waals surface area contributed by atoms with Crippen LogP contribution in [0.25, 0.3) is 0 Å². The average molecular weight is 250 g/mol. The molecule has 0 amide bonds. The van der Waals surface area contributed by atoms with Crippen molar-refractivity contribution in [1.29, 1.82) is 5.26 Å². The maximum absolute atomic E-state index is 13.8. The van der Waals surface area contributed by atoms with Crippen LogP contribution in [0, 0.1) is 17.1 Å². The molecular formula is C14H19FN2O. The SMILES string of the molecule is CCC(C)(CCO)NCc1cccc(C#N)c1F. The average Bonchev–Trinajstić information content (AvgIpc) is 2.38. The first-order valence-corrected chi connectivity index (χ1v) is 6.09.